The summed E-state index contributed by atoms with van der Waals surface area (Å²) in [7, 11) is 0. The van der Waals surface area contributed by atoms with Crippen LogP contribution in [0.2, 0.25) is 0 Å². The molecule has 2 amide bonds. The minimum absolute atomic E-state index is 0.00629. The van der Waals surface area contributed by atoms with E-state index in [4.69, 9.17) is 4.74 Å². The minimum atomic E-state index is -0.507. The number of para-hydroxylation sites is 2. The van der Waals surface area contributed by atoms with Crippen LogP contribution in [0.5, 0.6) is 0 Å². The summed E-state index contributed by atoms with van der Waals surface area (Å²) in [6.45, 7) is 8.54. The van der Waals surface area contributed by atoms with Gasteiger partial charge >= 0.3 is 6.09 Å². The van der Waals surface area contributed by atoms with E-state index in [1.54, 1.807) is 4.90 Å². The number of fused-ring (bicyclic) bond motifs is 1. The second-order valence-electron chi connectivity index (χ2n) is 8.11. The lowest BCUT2D eigenvalue weighted by atomic mass is 9.96. The van der Waals surface area contributed by atoms with Gasteiger partial charge in [0.25, 0.3) is 0 Å². The van der Waals surface area contributed by atoms with Gasteiger partial charge < -0.3 is 19.9 Å². The van der Waals surface area contributed by atoms with Crippen molar-refractivity contribution >= 4 is 23.0 Å². The third-order valence-corrected chi connectivity index (χ3v) is 4.69. The number of carbonyl (C=O) groups excluding carboxylic acids is 2. The molecule has 1 atom stereocenters. The Hall–Kier alpha value is -2.57. The first-order chi connectivity index (χ1) is 12.7. The van der Waals surface area contributed by atoms with Gasteiger partial charge in [0.1, 0.15) is 11.4 Å². The second-order valence-corrected chi connectivity index (χ2v) is 8.11. The molecule has 2 aromatic rings. The van der Waals surface area contributed by atoms with Crippen LogP contribution in [0, 0.1) is 5.92 Å². The molecule has 0 spiro atoms. The summed E-state index contributed by atoms with van der Waals surface area (Å²) in [5.41, 5.74) is 1.34. The highest BCUT2D eigenvalue weighted by Crippen LogP contribution is 2.22. The molecule has 7 nitrogen and oxygen atoms in total. The number of nitrogens with zero attached hydrogens (tertiary/aromatic N) is 2. The zero-order valence-corrected chi connectivity index (χ0v) is 16.4. The van der Waals surface area contributed by atoms with Crippen molar-refractivity contribution in [2.75, 3.05) is 13.1 Å². The molecule has 3 rings (SSSR count). The number of nitrogens with one attached hydrogen (secondary N) is 2. The van der Waals surface area contributed by atoms with Crippen molar-refractivity contribution in [3.05, 3.63) is 30.1 Å². The fourth-order valence-corrected chi connectivity index (χ4v) is 3.23. The molecule has 0 saturated carbocycles. The van der Waals surface area contributed by atoms with Gasteiger partial charge in [-0.25, -0.2) is 9.78 Å². The molecule has 1 aliphatic heterocycles. The normalized spacial score (nSPS) is 17.0. The number of ether oxygens (including phenoxy) is 1. The summed E-state index contributed by atoms with van der Waals surface area (Å²) < 4.78 is 5.40. The lowest BCUT2D eigenvalue weighted by molar-refractivity contribution is -0.127. The lowest BCUT2D eigenvalue weighted by Gasteiger charge is -2.33. The molecule has 146 valence electrons. The summed E-state index contributed by atoms with van der Waals surface area (Å²) in [5.74, 6) is 0.651. The molecule has 1 aromatic heterocycles. The average molecular weight is 372 g/mol. The molecule has 2 heterocycles. The van der Waals surface area contributed by atoms with E-state index in [9.17, 15) is 9.59 Å². The van der Waals surface area contributed by atoms with Gasteiger partial charge in [0.2, 0.25) is 5.91 Å². The highest BCUT2D eigenvalue weighted by molar-refractivity contribution is 5.80. The van der Waals surface area contributed by atoms with Crippen LogP contribution < -0.4 is 5.32 Å². The fraction of sp³-hybridized carbons (Fsp3) is 0.550. The van der Waals surface area contributed by atoms with Crippen LogP contribution in [0.15, 0.2) is 24.3 Å². The largest absolute Gasteiger partial charge is 0.444 e. The quantitative estimate of drug-likeness (QED) is 0.864. The van der Waals surface area contributed by atoms with Crippen molar-refractivity contribution in [3.63, 3.8) is 0 Å². The zero-order valence-electron chi connectivity index (χ0n) is 16.4. The van der Waals surface area contributed by atoms with Crippen LogP contribution in [-0.2, 0) is 9.53 Å². The van der Waals surface area contributed by atoms with Crippen molar-refractivity contribution in [2.24, 2.45) is 5.92 Å². The van der Waals surface area contributed by atoms with Crippen LogP contribution in [0.3, 0.4) is 0 Å². The molecule has 1 aliphatic rings. The van der Waals surface area contributed by atoms with Gasteiger partial charge in [-0.1, -0.05) is 12.1 Å². The zero-order chi connectivity index (χ0) is 19.6. The van der Waals surface area contributed by atoms with Crippen molar-refractivity contribution < 1.29 is 14.3 Å². The summed E-state index contributed by atoms with van der Waals surface area (Å²) in [6, 6.07) is 7.60. The maximum absolute atomic E-state index is 12.6. The Bertz CT molecular complexity index is 783. The third-order valence-electron chi connectivity index (χ3n) is 4.69. The van der Waals surface area contributed by atoms with Crippen LogP contribution in [-0.4, -0.2) is 45.6 Å². The summed E-state index contributed by atoms with van der Waals surface area (Å²) in [4.78, 5) is 34.2. The molecule has 0 unspecified atom stereocenters. The monoisotopic (exact) mass is 372 g/mol. The van der Waals surface area contributed by atoms with Gasteiger partial charge in [0.15, 0.2) is 0 Å². The van der Waals surface area contributed by atoms with E-state index in [1.165, 1.54) is 0 Å². The number of piperidine rings is 1. The number of carbonyl (C=O) groups is 2. The van der Waals surface area contributed by atoms with Crippen LogP contribution >= 0.6 is 0 Å². The second kappa shape index (κ2) is 7.58. The van der Waals surface area contributed by atoms with Gasteiger partial charge in [-0.3, -0.25) is 4.79 Å². The first-order valence-electron chi connectivity index (χ1n) is 9.46. The Morgan fingerprint density at radius 1 is 1.26 bits per heavy atom. The SMILES string of the molecule is C[C@H](NC(=O)C1CCN(C(=O)OC(C)(C)C)CC1)c1nc2ccccc2[nH]1. The Labute approximate surface area is 159 Å². The number of H-pyrrole nitrogens is 1. The van der Waals surface area contributed by atoms with E-state index in [0.29, 0.717) is 25.9 Å². The Morgan fingerprint density at radius 2 is 1.93 bits per heavy atom. The molecule has 27 heavy (non-hydrogen) atoms. The number of hydrogen-bond donors (Lipinski definition) is 2. The Morgan fingerprint density at radius 3 is 2.56 bits per heavy atom. The van der Waals surface area contributed by atoms with Crippen molar-refractivity contribution in [3.8, 4) is 0 Å². The maximum Gasteiger partial charge on any atom is 0.410 e. The van der Waals surface area contributed by atoms with Crippen LogP contribution in [0.1, 0.15) is 52.4 Å². The number of benzene rings is 1. The predicted molar refractivity (Wildman–Crippen MR) is 103 cm³/mol. The molecule has 7 heteroatoms. The molecule has 1 fully saturated rings. The first kappa shape index (κ1) is 19.2. The predicted octanol–water partition coefficient (Wildman–Crippen LogP) is 3.39. The van der Waals surface area contributed by atoms with Gasteiger partial charge in [-0.15, -0.1) is 0 Å². The van der Waals surface area contributed by atoms with E-state index in [1.807, 2.05) is 52.0 Å². The van der Waals surface area contributed by atoms with Gasteiger partial charge in [0, 0.05) is 19.0 Å². The minimum Gasteiger partial charge on any atom is -0.444 e. The highest BCUT2D eigenvalue weighted by atomic mass is 16.6. The van der Waals surface area contributed by atoms with Gasteiger partial charge in [-0.2, -0.15) is 0 Å². The average Bonchev–Trinajstić information content (AvgIpc) is 3.04. The molecule has 1 aromatic carbocycles. The van der Waals surface area contributed by atoms with Crippen molar-refractivity contribution in [1.29, 1.82) is 0 Å². The number of aromatic nitrogens is 2. The number of hydrogen-bond acceptors (Lipinski definition) is 4. The number of rotatable bonds is 3. The highest BCUT2D eigenvalue weighted by Gasteiger charge is 2.30. The van der Waals surface area contributed by atoms with E-state index in [2.05, 4.69) is 15.3 Å². The number of likely N-dealkylation sites (tertiary alicyclic amines) is 1. The number of aromatic amines is 1. The molecular formula is C20H28N4O3. The fourth-order valence-electron chi connectivity index (χ4n) is 3.23. The van der Waals surface area contributed by atoms with E-state index in [0.717, 1.165) is 16.9 Å². The standard InChI is InChI=1S/C20H28N4O3/c1-13(17-22-15-7-5-6-8-16(15)23-17)21-18(25)14-9-11-24(12-10-14)19(26)27-20(2,3)4/h5-8,13-14H,9-12H2,1-4H3,(H,21,25)(H,22,23)/t13-/m0/s1. The summed E-state index contributed by atoms with van der Waals surface area (Å²) >= 11 is 0. The van der Waals surface area contributed by atoms with Crippen molar-refractivity contribution in [2.45, 2.75) is 52.2 Å². The summed E-state index contributed by atoms with van der Waals surface area (Å²) in [6.07, 6.45) is 0.965. The lowest BCUT2D eigenvalue weighted by Crippen LogP contribution is -2.45. The van der Waals surface area contributed by atoms with Crippen molar-refractivity contribution in [1.82, 2.24) is 20.2 Å². The van der Waals surface area contributed by atoms with Crippen LogP contribution in [0.4, 0.5) is 4.79 Å². The smallest absolute Gasteiger partial charge is 0.410 e. The molecular weight excluding hydrogens is 344 g/mol. The molecule has 1 saturated heterocycles. The molecule has 2 N–H and O–H groups in total. The van der Waals surface area contributed by atoms with Crippen LogP contribution in [0.25, 0.3) is 11.0 Å². The molecule has 0 aliphatic carbocycles. The Balaban J connectivity index is 1.52. The molecule has 0 bridgehead atoms. The van der Waals surface area contributed by atoms with Gasteiger partial charge in [-0.05, 0) is 52.7 Å². The van der Waals surface area contributed by atoms with Gasteiger partial charge in [0.05, 0.1) is 17.1 Å². The van der Waals surface area contributed by atoms with E-state index >= 15 is 0 Å². The molecule has 0 radical (unpaired) electrons. The third kappa shape index (κ3) is 4.78. The first-order valence-corrected chi connectivity index (χ1v) is 9.46. The van der Waals surface area contributed by atoms with E-state index < -0.39 is 5.60 Å². The maximum atomic E-state index is 12.6. The number of imidazole rings is 1. The topological polar surface area (TPSA) is 87.3 Å². The summed E-state index contributed by atoms with van der Waals surface area (Å²) in [5, 5.41) is 3.04. The van der Waals surface area contributed by atoms with E-state index in [-0.39, 0.29) is 24.0 Å². The number of amides is 2. The Kier molecular flexibility index (Phi) is 5.39.